The molecule has 1 saturated heterocycles. The van der Waals surface area contributed by atoms with E-state index < -0.39 is 11.5 Å². The van der Waals surface area contributed by atoms with Crippen LogP contribution in [0.15, 0.2) is 55.1 Å². The normalized spacial score (nSPS) is 16.1. The standard InChI is InChI=1S/C28H29F2N7O2/c1-28(30,27-34-33-26-24(29)14-20(18-37(26)27)21-15-32-35(2)17-21)22-4-5-25-19(12-22)13-23(16-31-25)39-9-3-6-36-7-10-38-11-8-36/h4-5,12-18H,3,6-11H2,1-2H3. The van der Waals surface area contributed by atoms with E-state index in [1.807, 2.05) is 6.07 Å². The van der Waals surface area contributed by atoms with E-state index in [1.165, 1.54) is 17.4 Å². The molecule has 0 radical (unpaired) electrons. The molecule has 0 saturated carbocycles. The number of benzene rings is 1. The van der Waals surface area contributed by atoms with Crippen molar-refractivity contribution in [2.45, 2.75) is 19.0 Å². The summed E-state index contributed by atoms with van der Waals surface area (Å²) in [5, 5.41) is 12.9. The van der Waals surface area contributed by atoms with E-state index in [9.17, 15) is 4.39 Å². The third kappa shape index (κ3) is 5.07. The molecule has 9 nitrogen and oxygen atoms in total. The molecule has 1 aliphatic rings. The summed E-state index contributed by atoms with van der Waals surface area (Å²) in [6.45, 7) is 6.35. The van der Waals surface area contributed by atoms with Gasteiger partial charge in [0, 0.05) is 55.6 Å². The van der Waals surface area contributed by atoms with Gasteiger partial charge in [-0.1, -0.05) is 6.07 Å². The molecule has 5 heterocycles. The smallest absolute Gasteiger partial charge is 0.197 e. The summed E-state index contributed by atoms with van der Waals surface area (Å²) in [6.07, 6.45) is 7.59. The molecule has 1 unspecified atom stereocenters. The lowest BCUT2D eigenvalue weighted by Crippen LogP contribution is -2.37. The first-order valence-electron chi connectivity index (χ1n) is 12.9. The Morgan fingerprint density at radius 3 is 2.69 bits per heavy atom. The van der Waals surface area contributed by atoms with E-state index in [0.29, 0.717) is 34.6 Å². The van der Waals surface area contributed by atoms with Gasteiger partial charge in [-0.25, -0.2) is 8.78 Å². The molecule has 39 heavy (non-hydrogen) atoms. The Labute approximate surface area is 224 Å². The zero-order valence-electron chi connectivity index (χ0n) is 21.8. The Hall–Kier alpha value is -3.96. The number of pyridine rings is 2. The van der Waals surface area contributed by atoms with Crippen LogP contribution in [-0.2, 0) is 17.5 Å². The van der Waals surface area contributed by atoms with Gasteiger partial charge in [-0.15, -0.1) is 10.2 Å². The fourth-order valence-corrected chi connectivity index (χ4v) is 4.92. The second kappa shape index (κ2) is 10.3. The second-order valence-corrected chi connectivity index (χ2v) is 9.93. The van der Waals surface area contributed by atoms with Crippen molar-refractivity contribution in [1.82, 2.24) is 34.3 Å². The predicted octanol–water partition coefficient (Wildman–Crippen LogP) is 4.15. The Kier molecular flexibility index (Phi) is 6.69. The summed E-state index contributed by atoms with van der Waals surface area (Å²) >= 11 is 0. The van der Waals surface area contributed by atoms with Crippen molar-refractivity contribution in [1.29, 1.82) is 0 Å². The van der Waals surface area contributed by atoms with Crippen LogP contribution in [0.1, 0.15) is 24.7 Å². The van der Waals surface area contributed by atoms with Gasteiger partial charge in [0.05, 0.1) is 37.7 Å². The number of nitrogens with zero attached hydrogens (tertiary/aromatic N) is 7. The van der Waals surface area contributed by atoms with Crippen LogP contribution in [0.3, 0.4) is 0 Å². The van der Waals surface area contributed by atoms with Gasteiger partial charge in [0.2, 0.25) is 0 Å². The Bertz CT molecular complexity index is 1630. The Morgan fingerprint density at radius 2 is 1.90 bits per heavy atom. The number of hydrogen-bond acceptors (Lipinski definition) is 7. The zero-order chi connectivity index (χ0) is 27.0. The van der Waals surface area contributed by atoms with Gasteiger partial charge < -0.3 is 9.47 Å². The van der Waals surface area contributed by atoms with Crippen molar-refractivity contribution in [2.75, 3.05) is 39.5 Å². The molecule has 6 rings (SSSR count). The second-order valence-electron chi connectivity index (χ2n) is 9.93. The van der Waals surface area contributed by atoms with E-state index in [2.05, 4.69) is 25.2 Å². The van der Waals surface area contributed by atoms with E-state index in [4.69, 9.17) is 9.47 Å². The van der Waals surface area contributed by atoms with E-state index >= 15 is 4.39 Å². The van der Waals surface area contributed by atoms with E-state index in [-0.39, 0.29) is 11.5 Å². The molecule has 5 aromatic rings. The molecule has 202 valence electrons. The van der Waals surface area contributed by atoms with Crippen molar-refractivity contribution in [2.24, 2.45) is 7.05 Å². The summed E-state index contributed by atoms with van der Waals surface area (Å²) in [6, 6.07) is 8.37. The number of halogens is 2. The van der Waals surface area contributed by atoms with Gasteiger partial charge in [-0.3, -0.25) is 19.0 Å². The maximum Gasteiger partial charge on any atom is 0.197 e. The van der Waals surface area contributed by atoms with Crippen molar-refractivity contribution < 1.29 is 18.3 Å². The average Bonchev–Trinajstić information content (AvgIpc) is 3.58. The molecular formula is C28H29F2N7O2. The molecule has 0 N–H and O–H groups in total. The Morgan fingerprint density at radius 1 is 1.05 bits per heavy atom. The number of alkyl halides is 1. The zero-order valence-corrected chi connectivity index (χ0v) is 21.8. The van der Waals surface area contributed by atoms with Crippen LogP contribution in [0.25, 0.3) is 27.7 Å². The number of ether oxygens (including phenoxy) is 2. The number of hydrogen-bond donors (Lipinski definition) is 0. The van der Waals surface area contributed by atoms with Crippen LogP contribution >= 0.6 is 0 Å². The number of aryl methyl sites for hydroxylation is 1. The topological polar surface area (TPSA) is 82.6 Å². The fraction of sp³-hybridized carbons (Fsp3) is 0.357. The van der Waals surface area contributed by atoms with Gasteiger partial charge in [0.25, 0.3) is 0 Å². The lowest BCUT2D eigenvalue weighted by Gasteiger charge is -2.26. The van der Waals surface area contributed by atoms with Gasteiger partial charge in [-0.05, 0) is 43.2 Å². The lowest BCUT2D eigenvalue weighted by atomic mass is 9.95. The number of rotatable bonds is 8. The highest BCUT2D eigenvalue weighted by Crippen LogP contribution is 2.35. The summed E-state index contributed by atoms with van der Waals surface area (Å²) in [5.41, 5.74) is 0.198. The van der Waals surface area contributed by atoms with Crippen LogP contribution in [0, 0.1) is 5.82 Å². The predicted molar refractivity (Wildman–Crippen MR) is 142 cm³/mol. The highest BCUT2D eigenvalue weighted by molar-refractivity contribution is 5.80. The lowest BCUT2D eigenvalue weighted by molar-refractivity contribution is 0.0358. The quantitative estimate of drug-likeness (QED) is 0.277. The summed E-state index contributed by atoms with van der Waals surface area (Å²) < 4.78 is 45.8. The van der Waals surface area contributed by atoms with Crippen molar-refractivity contribution in [3.63, 3.8) is 0 Å². The van der Waals surface area contributed by atoms with Crippen LogP contribution in [0.5, 0.6) is 5.75 Å². The van der Waals surface area contributed by atoms with Crippen LogP contribution in [0.2, 0.25) is 0 Å². The minimum atomic E-state index is -2.07. The summed E-state index contributed by atoms with van der Waals surface area (Å²) in [4.78, 5) is 6.84. The molecule has 1 aliphatic heterocycles. The maximum atomic E-state index is 16.5. The summed E-state index contributed by atoms with van der Waals surface area (Å²) in [5.74, 6) is 0.00675. The SMILES string of the molecule is Cn1cc(-c2cc(F)c3nnc(C(C)(F)c4ccc5ncc(OCCCN6CCOCC6)cc5c4)n3c2)cn1. The van der Waals surface area contributed by atoms with Gasteiger partial charge in [-0.2, -0.15) is 5.10 Å². The van der Waals surface area contributed by atoms with Gasteiger partial charge in [0.15, 0.2) is 23.0 Å². The maximum absolute atomic E-state index is 16.5. The van der Waals surface area contributed by atoms with Gasteiger partial charge in [0.1, 0.15) is 5.75 Å². The van der Waals surface area contributed by atoms with Crippen molar-refractivity contribution >= 4 is 16.6 Å². The van der Waals surface area contributed by atoms with Crippen LogP contribution in [-0.4, -0.2) is 73.7 Å². The fourth-order valence-electron chi connectivity index (χ4n) is 4.92. The first-order valence-corrected chi connectivity index (χ1v) is 12.9. The number of morpholine rings is 1. The number of aromatic nitrogens is 6. The first-order chi connectivity index (χ1) is 18.9. The highest BCUT2D eigenvalue weighted by atomic mass is 19.1. The molecule has 4 aromatic heterocycles. The molecule has 0 amide bonds. The van der Waals surface area contributed by atoms with Crippen LogP contribution < -0.4 is 4.74 Å². The molecule has 0 spiro atoms. The first kappa shape index (κ1) is 25.3. The minimum Gasteiger partial charge on any atom is -0.492 e. The largest absolute Gasteiger partial charge is 0.492 e. The molecule has 1 aromatic carbocycles. The Balaban J connectivity index is 1.25. The van der Waals surface area contributed by atoms with E-state index in [1.54, 1.807) is 54.7 Å². The third-order valence-electron chi connectivity index (χ3n) is 7.11. The van der Waals surface area contributed by atoms with Gasteiger partial charge >= 0.3 is 0 Å². The van der Waals surface area contributed by atoms with Crippen molar-refractivity contribution in [3.05, 3.63) is 72.3 Å². The molecule has 0 bridgehead atoms. The molecule has 11 heteroatoms. The molecule has 1 fully saturated rings. The third-order valence-corrected chi connectivity index (χ3v) is 7.11. The monoisotopic (exact) mass is 533 g/mol. The van der Waals surface area contributed by atoms with Crippen molar-refractivity contribution in [3.8, 4) is 16.9 Å². The average molecular weight is 534 g/mol. The van der Waals surface area contributed by atoms with Crippen LogP contribution in [0.4, 0.5) is 8.78 Å². The minimum absolute atomic E-state index is 0.0232. The molecular weight excluding hydrogens is 504 g/mol. The highest BCUT2D eigenvalue weighted by Gasteiger charge is 2.35. The molecule has 1 atom stereocenters. The molecule has 0 aliphatic carbocycles. The number of fused-ring (bicyclic) bond motifs is 2. The van der Waals surface area contributed by atoms with E-state index in [0.717, 1.165) is 44.7 Å². The summed E-state index contributed by atoms with van der Waals surface area (Å²) in [7, 11) is 1.78.